The molecule has 1 saturated heterocycles. The quantitative estimate of drug-likeness (QED) is 0.518. The first-order valence-electron chi connectivity index (χ1n) is 10.1. The molecule has 3 fully saturated rings. The number of benzene rings is 1. The minimum absolute atomic E-state index is 0.0363. The van der Waals surface area contributed by atoms with Gasteiger partial charge in [0.2, 0.25) is 5.91 Å². The van der Waals surface area contributed by atoms with E-state index in [1.807, 2.05) is 6.07 Å². The van der Waals surface area contributed by atoms with Crippen molar-refractivity contribution >= 4 is 29.6 Å². The first kappa shape index (κ1) is 19.1. The van der Waals surface area contributed by atoms with E-state index in [2.05, 4.69) is 25.5 Å². The van der Waals surface area contributed by atoms with Crippen molar-refractivity contribution in [3.05, 3.63) is 41.7 Å². The van der Waals surface area contributed by atoms with E-state index in [9.17, 15) is 14.4 Å². The molecule has 2 heterocycles. The summed E-state index contributed by atoms with van der Waals surface area (Å²) in [6.07, 6.45) is 4.50. The number of nitrogens with zero attached hydrogens (tertiary/aromatic N) is 4. The number of hydrazine groups is 1. The average molecular weight is 427 g/mol. The molecule has 0 spiro atoms. The number of rotatable bonds is 7. The molecule has 4 amide bonds. The SMILES string of the molecule is C[C@@]1(c2ccccc2)NC(=O)N(NC(=O)CSc2nnc(C3CC3)n2C2CC2)C1=O. The largest absolute Gasteiger partial charge is 0.344 e. The van der Waals surface area contributed by atoms with Crippen LogP contribution in [0.3, 0.4) is 0 Å². The molecule has 3 aliphatic rings. The van der Waals surface area contributed by atoms with E-state index in [0.717, 1.165) is 41.7 Å². The molecule has 10 heteroatoms. The highest BCUT2D eigenvalue weighted by Crippen LogP contribution is 2.46. The van der Waals surface area contributed by atoms with Gasteiger partial charge in [0.15, 0.2) is 5.16 Å². The number of hydrogen-bond acceptors (Lipinski definition) is 6. The van der Waals surface area contributed by atoms with Crippen LogP contribution < -0.4 is 10.7 Å². The first-order chi connectivity index (χ1) is 14.5. The Bertz CT molecular complexity index is 1020. The second kappa shape index (κ2) is 7.12. The second-order valence-electron chi connectivity index (χ2n) is 8.10. The molecule has 2 saturated carbocycles. The lowest BCUT2D eigenvalue weighted by Crippen LogP contribution is -2.48. The van der Waals surface area contributed by atoms with Gasteiger partial charge in [-0.05, 0) is 38.2 Å². The van der Waals surface area contributed by atoms with E-state index >= 15 is 0 Å². The number of carbonyl (C=O) groups is 3. The van der Waals surface area contributed by atoms with Gasteiger partial charge in [-0.25, -0.2) is 4.79 Å². The molecular formula is C20H22N6O3S. The summed E-state index contributed by atoms with van der Waals surface area (Å²) in [6, 6.07) is 8.73. The van der Waals surface area contributed by atoms with E-state index < -0.39 is 23.4 Å². The highest BCUT2D eigenvalue weighted by atomic mass is 32.2. The van der Waals surface area contributed by atoms with Gasteiger partial charge in [-0.2, -0.15) is 5.01 Å². The highest BCUT2D eigenvalue weighted by Gasteiger charge is 2.50. The summed E-state index contributed by atoms with van der Waals surface area (Å²) >= 11 is 1.28. The van der Waals surface area contributed by atoms with Crippen LogP contribution in [0.5, 0.6) is 0 Å². The first-order valence-corrected chi connectivity index (χ1v) is 11.1. The molecule has 1 aliphatic heterocycles. The van der Waals surface area contributed by atoms with Crippen molar-refractivity contribution in [1.29, 1.82) is 0 Å². The van der Waals surface area contributed by atoms with Gasteiger partial charge in [0.25, 0.3) is 5.91 Å². The van der Waals surface area contributed by atoms with Gasteiger partial charge >= 0.3 is 6.03 Å². The lowest BCUT2D eigenvalue weighted by atomic mass is 9.92. The maximum atomic E-state index is 12.9. The number of aromatic nitrogens is 3. The lowest BCUT2D eigenvalue weighted by Gasteiger charge is -2.22. The number of imide groups is 1. The van der Waals surface area contributed by atoms with Crippen LogP contribution in [-0.2, 0) is 15.1 Å². The fourth-order valence-corrected chi connectivity index (χ4v) is 4.48. The van der Waals surface area contributed by atoms with Crippen molar-refractivity contribution in [1.82, 2.24) is 30.5 Å². The third-order valence-electron chi connectivity index (χ3n) is 5.66. The summed E-state index contributed by atoms with van der Waals surface area (Å²) < 4.78 is 2.16. The Balaban J connectivity index is 1.24. The van der Waals surface area contributed by atoms with Gasteiger partial charge in [0.05, 0.1) is 5.75 Å². The van der Waals surface area contributed by atoms with Gasteiger partial charge in [0, 0.05) is 12.0 Å². The molecule has 2 aliphatic carbocycles. The number of hydrogen-bond donors (Lipinski definition) is 2. The van der Waals surface area contributed by atoms with Gasteiger partial charge < -0.3 is 9.88 Å². The van der Waals surface area contributed by atoms with Crippen molar-refractivity contribution < 1.29 is 14.4 Å². The summed E-state index contributed by atoms with van der Waals surface area (Å²) in [5, 5.41) is 12.8. The zero-order chi connectivity index (χ0) is 20.9. The monoisotopic (exact) mass is 426 g/mol. The van der Waals surface area contributed by atoms with Crippen molar-refractivity contribution in [2.45, 2.75) is 55.3 Å². The van der Waals surface area contributed by atoms with Gasteiger partial charge in [0.1, 0.15) is 11.4 Å². The summed E-state index contributed by atoms with van der Waals surface area (Å²) in [5.41, 5.74) is 1.87. The molecule has 9 nitrogen and oxygen atoms in total. The van der Waals surface area contributed by atoms with Crippen molar-refractivity contribution in [2.75, 3.05) is 5.75 Å². The van der Waals surface area contributed by atoms with Crippen LogP contribution in [0.15, 0.2) is 35.5 Å². The van der Waals surface area contributed by atoms with Crippen molar-refractivity contribution in [3.8, 4) is 0 Å². The van der Waals surface area contributed by atoms with Crippen LogP contribution in [0.1, 0.15) is 56.0 Å². The van der Waals surface area contributed by atoms with Crippen LogP contribution in [0.25, 0.3) is 0 Å². The predicted octanol–water partition coefficient (Wildman–Crippen LogP) is 2.08. The van der Waals surface area contributed by atoms with E-state index in [1.54, 1.807) is 31.2 Å². The van der Waals surface area contributed by atoms with E-state index in [-0.39, 0.29) is 5.75 Å². The van der Waals surface area contributed by atoms with Crippen LogP contribution in [0.4, 0.5) is 4.79 Å². The molecule has 2 aromatic rings. The number of urea groups is 1. The molecule has 0 unspecified atom stereocenters. The topological polar surface area (TPSA) is 109 Å². The Morgan fingerprint density at radius 3 is 2.60 bits per heavy atom. The Labute approximate surface area is 177 Å². The zero-order valence-electron chi connectivity index (χ0n) is 16.5. The number of amides is 4. The van der Waals surface area contributed by atoms with Crippen LogP contribution in [0.2, 0.25) is 0 Å². The number of thioether (sulfide) groups is 1. The number of carbonyl (C=O) groups excluding carboxylic acids is 3. The third kappa shape index (κ3) is 3.34. The number of nitrogens with one attached hydrogen (secondary N) is 2. The van der Waals surface area contributed by atoms with Crippen molar-refractivity contribution in [3.63, 3.8) is 0 Å². The lowest BCUT2D eigenvalue weighted by molar-refractivity contribution is -0.138. The zero-order valence-corrected chi connectivity index (χ0v) is 17.3. The fourth-order valence-electron chi connectivity index (χ4n) is 3.68. The summed E-state index contributed by atoms with van der Waals surface area (Å²) in [6.45, 7) is 1.63. The van der Waals surface area contributed by atoms with E-state index in [4.69, 9.17) is 0 Å². The Kier molecular flexibility index (Phi) is 4.53. The fraction of sp³-hybridized carbons (Fsp3) is 0.450. The Morgan fingerprint density at radius 1 is 1.20 bits per heavy atom. The van der Waals surface area contributed by atoms with Crippen LogP contribution in [0, 0.1) is 0 Å². The molecule has 1 atom stereocenters. The highest BCUT2D eigenvalue weighted by molar-refractivity contribution is 7.99. The standard InChI is InChI=1S/C20H22N6O3S/c1-20(13-5-3-2-4-6-13)17(28)26(18(29)21-20)24-15(27)11-30-19-23-22-16(12-7-8-12)25(19)14-9-10-14/h2-6,12,14H,7-11H2,1H3,(H,21,29)(H,24,27)/t20-/m0/s1. The maximum absolute atomic E-state index is 12.9. The summed E-state index contributed by atoms with van der Waals surface area (Å²) in [5.74, 6) is 0.582. The predicted molar refractivity (Wildman–Crippen MR) is 108 cm³/mol. The van der Waals surface area contributed by atoms with Gasteiger partial charge in [-0.15, -0.1) is 10.2 Å². The minimum Gasteiger partial charge on any atom is -0.318 e. The third-order valence-corrected chi connectivity index (χ3v) is 6.60. The molecule has 1 aromatic carbocycles. The van der Waals surface area contributed by atoms with E-state index in [1.165, 1.54) is 11.8 Å². The summed E-state index contributed by atoms with van der Waals surface area (Å²) in [4.78, 5) is 37.7. The maximum Gasteiger partial charge on any atom is 0.344 e. The second-order valence-corrected chi connectivity index (χ2v) is 9.04. The molecular weight excluding hydrogens is 404 g/mol. The average Bonchev–Trinajstić information content (AvgIpc) is 3.68. The van der Waals surface area contributed by atoms with Gasteiger partial charge in [-0.3, -0.25) is 15.0 Å². The molecule has 30 heavy (non-hydrogen) atoms. The summed E-state index contributed by atoms with van der Waals surface area (Å²) in [7, 11) is 0. The smallest absolute Gasteiger partial charge is 0.318 e. The molecule has 156 valence electrons. The molecule has 1 aromatic heterocycles. The molecule has 5 rings (SSSR count). The Hall–Kier alpha value is -2.88. The van der Waals surface area contributed by atoms with Gasteiger partial charge in [-0.1, -0.05) is 42.1 Å². The molecule has 2 N–H and O–H groups in total. The van der Waals surface area contributed by atoms with Crippen molar-refractivity contribution in [2.24, 2.45) is 0 Å². The molecule has 0 bridgehead atoms. The van der Waals surface area contributed by atoms with Crippen LogP contribution >= 0.6 is 11.8 Å². The van der Waals surface area contributed by atoms with E-state index in [0.29, 0.717) is 17.5 Å². The minimum atomic E-state index is -1.22. The van der Waals surface area contributed by atoms with Crippen LogP contribution in [-0.4, -0.2) is 43.4 Å². The Morgan fingerprint density at radius 2 is 1.93 bits per heavy atom. The normalized spacial score (nSPS) is 23.6. The molecule has 0 radical (unpaired) electrons.